The predicted molar refractivity (Wildman–Crippen MR) is 60.5 cm³/mol. The molecule has 0 aliphatic carbocycles. The van der Waals surface area contributed by atoms with E-state index in [9.17, 15) is 13.2 Å². The molecule has 0 unspecified atom stereocenters. The quantitative estimate of drug-likeness (QED) is 0.800. The molecule has 0 spiro atoms. The number of aromatic nitrogens is 1. The highest BCUT2D eigenvalue weighted by atomic mass is 19.4. The maximum absolute atomic E-state index is 12.3. The largest absolute Gasteiger partial charge is 0.401 e. The summed E-state index contributed by atoms with van der Waals surface area (Å²) in [5.74, 6) is 0. The molecule has 4 nitrogen and oxygen atoms in total. The summed E-state index contributed by atoms with van der Waals surface area (Å²) in [6.45, 7) is -1.04. The predicted octanol–water partition coefficient (Wildman–Crippen LogP) is 0.897. The van der Waals surface area contributed by atoms with Crippen LogP contribution in [-0.2, 0) is 13.1 Å². The highest BCUT2D eigenvalue weighted by molar-refractivity contribution is 5.16. The first kappa shape index (κ1) is 14.9. The van der Waals surface area contributed by atoms with Gasteiger partial charge < -0.3 is 10.8 Å². The lowest BCUT2D eigenvalue weighted by molar-refractivity contribution is -0.147. The monoisotopic (exact) mass is 263 g/mol. The fourth-order valence-corrected chi connectivity index (χ4v) is 1.61. The Balaban J connectivity index is 2.69. The van der Waals surface area contributed by atoms with Crippen molar-refractivity contribution in [3.8, 4) is 0 Å². The van der Waals surface area contributed by atoms with E-state index in [0.29, 0.717) is 11.3 Å². The van der Waals surface area contributed by atoms with Gasteiger partial charge in [0.25, 0.3) is 0 Å². The fourth-order valence-electron chi connectivity index (χ4n) is 1.61. The Bertz CT molecular complexity index is 371. The van der Waals surface area contributed by atoms with E-state index in [-0.39, 0.29) is 26.2 Å². The Morgan fingerprint density at radius 3 is 2.67 bits per heavy atom. The molecule has 1 aromatic rings. The molecule has 0 aliphatic rings. The van der Waals surface area contributed by atoms with Gasteiger partial charge in [-0.25, -0.2) is 0 Å². The number of nitrogens with two attached hydrogens (primary N) is 1. The number of rotatable bonds is 6. The Labute approximate surface area is 103 Å². The van der Waals surface area contributed by atoms with Crippen molar-refractivity contribution in [3.05, 3.63) is 29.6 Å². The lowest BCUT2D eigenvalue weighted by atomic mass is 10.2. The van der Waals surface area contributed by atoms with Crippen molar-refractivity contribution in [2.45, 2.75) is 19.3 Å². The van der Waals surface area contributed by atoms with E-state index in [4.69, 9.17) is 10.8 Å². The van der Waals surface area contributed by atoms with Crippen molar-refractivity contribution < 1.29 is 18.3 Å². The second-order valence-electron chi connectivity index (χ2n) is 3.91. The van der Waals surface area contributed by atoms with Crippen molar-refractivity contribution >= 4 is 0 Å². The van der Waals surface area contributed by atoms with Crippen LogP contribution in [0.5, 0.6) is 0 Å². The minimum absolute atomic E-state index is 0.0280. The number of alkyl halides is 3. The first-order chi connectivity index (χ1) is 8.44. The summed E-state index contributed by atoms with van der Waals surface area (Å²) < 4.78 is 37.0. The molecule has 1 rings (SSSR count). The van der Waals surface area contributed by atoms with E-state index >= 15 is 0 Å². The zero-order chi connectivity index (χ0) is 13.6. The van der Waals surface area contributed by atoms with Gasteiger partial charge in [0.2, 0.25) is 0 Å². The average molecular weight is 263 g/mol. The van der Waals surface area contributed by atoms with Crippen LogP contribution in [0.4, 0.5) is 13.2 Å². The lowest BCUT2D eigenvalue weighted by Crippen LogP contribution is -2.35. The number of nitrogens with zero attached hydrogens (tertiary/aromatic N) is 2. The van der Waals surface area contributed by atoms with E-state index in [2.05, 4.69) is 4.98 Å². The zero-order valence-corrected chi connectivity index (χ0v) is 9.82. The van der Waals surface area contributed by atoms with E-state index in [1.807, 2.05) is 0 Å². The molecule has 1 heterocycles. The normalized spacial score (nSPS) is 12.1. The van der Waals surface area contributed by atoms with Gasteiger partial charge in [-0.05, 0) is 17.7 Å². The lowest BCUT2D eigenvalue weighted by Gasteiger charge is -2.22. The van der Waals surface area contributed by atoms with Gasteiger partial charge in [0, 0.05) is 25.8 Å². The van der Waals surface area contributed by atoms with Crippen molar-refractivity contribution in [1.29, 1.82) is 0 Å². The van der Waals surface area contributed by atoms with Gasteiger partial charge >= 0.3 is 6.18 Å². The molecule has 7 heteroatoms. The van der Waals surface area contributed by atoms with Gasteiger partial charge in [-0.3, -0.25) is 9.88 Å². The third-order valence-electron chi connectivity index (χ3n) is 2.32. The van der Waals surface area contributed by atoms with Crippen LogP contribution >= 0.6 is 0 Å². The average Bonchev–Trinajstić information content (AvgIpc) is 2.27. The Morgan fingerprint density at radius 1 is 1.39 bits per heavy atom. The zero-order valence-electron chi connectivity index (χ0n) is 9.82. The molecule has 0 atom stereocenters. The number of halogens is 3. The van der Waals surface area contributed by atoms with Gasteiger partial charge in [0.15, 0.2) is 0 Å². The third-order valence-corrected chi connectivity index (χ3v) is 2.32. The second-order valence-corrected chi connectivity index (χ2v) is 3.91. The molecule has 0 saturated heterocycles. The molecule has 0 aliphatic heterocycles. The van der Waals surface area contributed by atoms with E-state index < -0.39 is 12.7 Å². The molecule has 0 fully saturated rings. The van der Waals surface area contributed by atoms with Crippen molar-refractivity contribution in [2.24, 2.45) is 5.73 Å². The van der Waals surface area contributed by atoms with Crippen LogP contribution in [0.2, 0.25) is 0 Å². The number of aliphatic hydroxyl groups excluding tert-OH is 1. The van der Waals surface area contributed by atoms with Gasteiger partial charge in [-0.15, -0.1) is 0 Å². The molecule has 3 N–H and O–H groups in total. The van der Waals surface area contributed by atoms with E-state index in [1.165, 1.54) is 6.20 Å². The first-order valence-electron chi connectivity index (χ1n) is 5.48. The molecule has 18 heavy (non-hydrogen) atoms. The Morgan fingerprint density at radius 2 is 2.11 bits per heavy atom. The maximum atomic E-state index is 12.3. The molecule has 0 amide bonds. The summed E-state index contributed by atoms with van der Waals surface area (Å²) in [6, 6.07) is 3.31. The molecule has 0 aromatic carbocycles. The van der Waals surface area contributed by atoms with Crippen LogP contribution in [0.3, 0.4) is 0 Å². The maximum Gasteiger partial charge on any atom is 0.401 e. The van der Waals surface area contributed by atoms with Crippen LogP contribution in [0.25, 0.3) is 0 Å². The molecule has 0 saturated carbocycles. The van der Waals surface area contributed by atoms with Gasteiger partial charge in [0.05, 0.1) is 18.8 Å². The topological polar surface area (TPSA) is 62.4 Å². The third kappa shape index (κ3) is 5.44. The molecule has 102 valence electrons. The minimum atomic E-state index is -4.28. The molecular formula is C11H16F3N3O. The summed E-state index contributed by atoms with van der Waals surface area (Å²) in [6.07, 6.45) is -2.76. The molecular weight excluding hydrogens is 247 g/mol. The minimum Gasteiger partial charge on any atom is -0.395 e. The van der Waals surface area contributed by atoms with Crippen LogP contribution in [0.1, 0.15) is 11.3 Å². The Hall–Kier alpha value is -1.18. The van der Waals surface area contributed by atoms with Crippen molar-refractivity contribution in [3.63, 3.8) is 0 Å². The Kier molecular flexibility index (Phi) is 5.52. The molecule has 0 radical (unpaired) electrons. The highest BCUT2D eigenvalue weighted by Gasteiger charge is 2.30. The number of hydrogen-bond acceptors (Lipinski definition) is 4. The SMILES string of the molecule is NCc1cc(CN(CCO)CC(F)(F)F)ccn1. The fraction of sp³-hybridized carbons (Fsp3) is 0.545. The molecule has 1 aromatic heterocycles. The summed E-state index contributed by atoms with van der Waals surface area (Å²) in [4.78, 5) is 5.11. The number of aliphatic hydroxyl groups is 1. The van der Waals surface area contributed by atoms with E-state index in [0.717, 1.165) is 4.90 Å². The van der Waals surface area contributed by atoms with Crippen LogP contribution in [0.15, 0.2) is 18.3 Å². The van der Waals surface area contributed by atoms with Crippen LogP contribution < -0.4 is 5.73 Å². The van der Waals surface area contributed by atoms with Gasteiger partial charge in [0.1, 0.15) is 0 Å². The van der Waals surface area contributed by atoms with Gasteiger partial charge in [-0.2, -0.15) is 13.2 Å². The summed E-state index contributed by atoms with van der Waals surface area (Å²) in [7, 11) is 0. The standard InChI is InChI=1S/C11H16F3N3O/c12-11(13,14)8-17(3-4-18)7-9-1-2-16-10(5-9)6-15/h1-2,5,18H,3-4,6-8,15H2. The summed E-state index contributed by atoms with van der Waals surface area (Å²) in [5.41, 5.74) is 6.74. The van der Waals surface area contributed by atoms with Crippen LogP contribution in [0, 0.1) is 0 Å². The summed E-state index contributed by atoms with van der Waals surface area (Å²) >= 11 is 0. The smallest absolute Gasteiger partial charge is 0.395 e. The van der Waals surface area contributed by atoms with Crippen LogP contribution in [-0.4, -0.2) is 40.9 Å². The number of pyridine rings is 1. The van der Waals surface area contributed by atoms with E-state index in [1.54, 1.807) is 12.1 Å². The highest BCUT2D eigenvalue weighted by Crippen LogP contribution is 2.18. The summed E-state index contributed by atoms with van der Waals surface area (Å²) in [5, 5.41) is 8.77. The van der Waals surface area contributed by atoms with Crippen molar-refractivity contribution in [2.75, 3.05) is 19.7 Å². The second kappa shape index (κ2) is 6.67. The molecule has 0 bridgehead atoms. The van der Waals surface area contributed by atoms with Crippen molar-refractivity contribution in [1.82, 2.24) is 9.88 Å². The first-order valence-corrected chi connectivity index (χ1v) is 5.48. The number of hydrogen-bond donors (Lipinski definition) is 2. The van der Waals surface area contributed by atoms with Gasteiger partial charge in [-0.1, -0.05) is 0 Å².